The van der Waals surface area contributed by atoms with Gasteiger partial charge in [0.15, 0.2) is 0 Å². The van der Waals surface area contributed by atoms with Gasteiger partial charge in [-0.3, -0.25) is 0 Å². The van der Waals surface area contributed by atoms with Gasteiger partial charge in [-0.05, 0) is 54.1 Å². The molecule has 14 heavy (non-hydrogen) atoms. The second-order valence-corrected chi connectivity index (χ2v) is 5.07. The molecule has 1 atom stereocenters. The molecular formula is C12H19NS. The number of rotatable bonds is 6. The van der Waals surface area contributed by atoms with Crippen LogP contribution in [0.4, 0.5) is 0 Å². The molecule has 2 rings (SSSR count). The van der Waals surface area contributed by atoms with Crippen LogP contribution in [0.15, 0.2) is 16.8 Å². The third kappa shape index (κ3) is 3.10. The van der Waals surface area contributed by atoms with Gasteiger partial charge >= 0.3 is 0 Å². The van der Waals surface area contributed by atoms with Gasteiger partial charge in [0.2, 0.25) is 0 Å². The quantitative estimate of drug-likeness (QED) is 0.759. The number of hydrogen-bond acceptors (Lipinski definition) is 2. The average Bonchev–Trinajstić information content (AvgIpc) is 2.90. The zero-order chi connectivity index (χ0) is 9.80. The van der Waals surface area contributed by atoms with E-state index in [-0.39, 0.29) is 0 Å². The van der Waals surface area contributed by atoms with Crippen molar-refractivity contribution in [2.45, 2.75) is 38.6 Å². The Morgan fingerprint density at radius 3 is 3.00 bits per heavy atom. The van der Waals surface area contributed by atoms with Crippen molar-refractivity contribution >= 4 is 11.3 Å². The summed E-state index contributed by atoms with van der Waals surface area (Å²) in [5.41, 5.74) is 1.51. The predicted molar refractivity (Wildman–Crippen MR) is 62.8 cm³/mol. The zero-order valence-corrected chi connectivity index (χ0v) is 9.65. The van der Waals surface area contributed by atoms with Gasteiger partial charge in [0.1, 0.15) is 0 Å². The van der Waals surface area contributed by atoms with Gasteiger partial charge < -0.3 is 5.32 Å². The fourth-order valence-electron chi connectivity index (χ4n) is 1.72. The van der Waals surface area contributed by atoms with Crippen molar-refractivity contribution in [3.8, 4) is 0 Å². The second kappa shape index (κ2) is 4.94. The van der Waals surface area contributed by atoms with Crippen molar-refractivity contribution in [3.63, 3.8) is 0 Å². The van der Waals surface area contributed by atoms with E-state index in [0.717, 1.165) is 12.0 Å². The van der Waals surface area contributed by atoms with Gasteiger partial charge in [0.25, 0.3) is 0 Å². The maximum atomic E-state index is 3.62. The van der Waals surface area contributed by atoms with Crippen molar-refractivity contribution in [2.24, 2.45) is 5.92 Å². The van der Waals surface area contributed by atoms with Crippen molar-refractivity contribution in [1.29, 1.82) is 0 Å². The largest absolute Gasteiger partial charge is 0.314 e. The molecule has 1 nitrogen and oxygen atoms in total. The van der Waals surface area contributed by atoms with Crippen molar-refractivity contribution < 1.29 is 0 Å². The van der Waals surface area contributed by atoms with E-state index in [4.69, 9.17) is 0 Å². The van der Waals surface area contributed by atoms with Crippen LogP contribution in [0.5, 0.6) is 0 Å². The molecular weight excluding hydrogens is 190 g/mol. The van der Waals surface area contributed by atoms with E-state index in [1.54, 1.807) is 0 Å². The maximum absolute atomic E-state index is 3.62. The molecule has 78 valence electrons. The van der Waals surface area contributed by atoms with Gasteiger partial charge in [-0.2, -0.15) is 11.3 Å². The second-order valence-electron chi connectivity index (χ2n) is 4.29. The highest BCUT2D eigenvalue weighted by molar-refractivity contribution is 7.07. The lowest BCUT2D eigenvalue weighted by Crippen LogP contribution is -2.25. The van der Waals surface area contributed by atoms with Crippen LogP contribution in [0, 0.1) is 5.92 Å². The van der Waals surface area contributed by atoms with E-state index in [1.807, 2.05) is 11.3 Å². The Balaban J connectivity index is 1.74. The maximum Gasteiger partial charge on any atom is 0.00683 e. The first-order chi connectivity index (χ1) is 6.88. The molecule has 2 heteroatoms. The molecule has 1 fully saturated rings. The topological polar surface area (TPSA) is 12.0 Å². The smallest absolute Gasteiger partial charge is 0.00683 e. The SMILES string of the molecule is CCC(CNC1CC1)Cc1ccsc1. The van der Waals surface area contributed by atoms with Crippen LogP contribution in [0.3, 0.4) is 0 Å². The van der Waals surface area contributed by atoms with Gasteiger partial charge in [-0.1, -0.05) is 13.3 Å². The Kier molecular flexibility index (Phi) is 3.60. The number of thiophene rings is 1. The van der Waals surface area contributed by atoms with Crippen LogP contribution < -0.4 is 5.32 Å². The highest BCUT2D eigenvalue weighted by Crippen LogP contribution is 2.20. The lowest BCUT2D eigenvalue weighted by atomic mass is 9.99. The van der Waals surface area contributed by atoms with E-state index in [2.05, 4.69) is 29.1 Å². The molecule has 1 saturated carbocycles. The Morgan fingerprint density at radius 1 is 1.57 bits per heavy atom. The van der Waals surface area contributed by atoms with Crippen LogP contribution in [-0.4, -0.2) is 12.6 Å². The Morgan fingerprint density at radius 2 is 2.43 bits per heavy atom. The highest BCUT2D eigenvalue weighted by atomic mass is 32.1. The molecule has 0 radical (unpaired) electrons. The molecule has 0 aromatic carbocycles. The fraction of sp³-hybridized carbons (Fsp3) is 0.667. The van der Waals surface area contributed by atoms with Gasteiger partial charge in [0, 0.05) is 6.04 Å². The zero-order valence-electron chi connectivity index (χ0n) is 8.83. The normalized spacial score (nSPS) is 18.4. The average molecular weight is 209 g/mol. The lowest BCUT2D eigenvalue weighted by Gasteiger charge is -2.14. The van der Waals surface area contributed by atoms with E-state index in [0.29, 0.717) is 0 Å². The molecule has 0 bridgehead atoms. The molecule has 1 heterocycles. The minimum absolute atomic E-state index is 0.824. The molecule has 1 unspecified atom stereocenters. The minimum atomic E-state index is 0.824. The van der Waals surface area contributed by atoms with Crippen LogP contribution in [0.2, 0.25) is 0 Å². The monoisotopic (exact) mass is 209 g/mol. The molecule has 0 aliphatic heterocycles. The number of nitrogens with one attached hydrogen (secondary N) is 1. The third-order valence-corrected chi connectivity index (χ3v) is 3.69. The summed E-state index contributed by atoms with van der Waals surface area (Å²) < 4.78 is 0. The first-order valence-electron chi connectivity index (χ1n) is 5.63. The summed E-state index contributed by atoms with van der Waals surface area (Å²) in [5.74, 6) is 0.824. The summed E-state index contributed by atoms with van der Waals surface area (Å²) in [4.78, 5) is 0. The summed E-state index contributed by atoms with van der Waals surface area (Å²) in [6.45, 7) is 3.50. The predicted octanol–water partition coefficient (Wildman–Crippen LogP) is 3.07. The van der Waals surface area contributed by atoms with Crippen molar-refractivity contribution in [1.82, 2.24) is 5.32 Å². The van der Waals surface area contributed by atoms with Crippen molar-refractivity contribution in [2.75, 3.05) is 6.54 Å². The highest BCUT2D eigenvalue weighted by Gasteiger charge is 2.21. The van der Waals surface area contributed by atoms with Gasteiger partial charge in [-0.15, -0.1) is 0 Å². The van der Waals surface area contributed by atoms with E-state index in [1.165, 1.54) is 37.8 Å². The standard InChI is InChI=1S/C12H19NS/c1-2-10(8-13-12-3-4-12)7-11-5-6-14-9-11/h5-6,9-10,12-13H,2-4,7-8H2,1H3. The molecule has 1 aliphatic rings. The van der Waals surface area contributed by atoms with Crippen LogP contribution in [0.25, 0.3) is 0 Å². The van der Waals surface area contributed by atoms with E-state index < -0.39 is 0 Å². The van der Waals surface area contributed by atoms with Crippen LogP contribution >= 0.6 is 11.3 Å². The molecule has 1 aromatic heterocycles. The lowest BCUT2D eigenvalue weighted by molar-refractivity contribution is 0.459. The summed E-state index contributed by atoms with van der Waals surface area (Å²) in [6, 6.07) is 3.11. The third-order valence-electron chi connectivity index (χ3n) is 2.95. The minimum Gasteiger partial charge on any atom is -0.314 e. The van der Waals surface area contributed by atoms with Crippen molar-refractivity contribution in [3.05, 3.63) is 22.4 Å². The van der Waals surface area contributed by atoms with Crippen LogP contribution in [0.1, 0.15) is 31.7 Å². The van der Waals surface area contributed by atoms with E-state index >= 15 is 0 Å². The first-order valence-corrected chi connectivity index (χ1v) is 6.57. The molecule has 1 N–H and O–H groups in total. The molecule has 1 aliphatic carbocycles. The first kappa shape index (κ1) is 10.2. The molecule has 0 amide bonds. The Hall–Kier alpha value is -0.340. The van der Waals surface area contributed by atoms with Crippen LogP contribution in [-0.2, 0) is 6.42 Å². The Labute approximate surface area is 90.5 Å². The molecule has 0 saturated heterocycles. The molecule has 1 aromatic rings. The summed E-state index contributed by atoms with van der Waals surface area (Å²) in [7, 11) is 0. The summed E-state index contributed by atoms with van der Waals surface area (Å²) in [5, 5.41) is 8.08. The summed E-state index contributed by atoms with van der Waals surface area (Å²) >= 11 is 1.81. The number of hydrogen-bond donors (Lipinski definition) is 1. The Bertz CT molecular complexity index is 251. The fourth-order valence-corrected chi connectivity index (χ4v) is 2.41. The van der Waals surface area contributed by atoms with Gasteiger partial charge in [0.05, 0.1) is 0 Å². The summed E-state index contributed by atoms with van der Waals surface area (Å²) in [6.07, 6.45) is 5.33. The van der Waals surface area contributed by atoms with Gasteiger partial charge in [-0.25, -0.2) is 0 Å². The molecule has 0 spiro atoms. The van der Waals surface area contributed by atoms with E-state index in [9.17, 15) is 0 Å².